The number of rotatable bonds is 5. The first-order chi connectivity index (χ1) is 9.03. The quantitative estimate of drug-likeness (QED) is 0.769. The average Bonchev–Trinajstić information content (AvgIpc) is 2.84. The van der Waals surface area contributed by atoms with Gasteiger partial charge in [0.05, 0.1) is 13.2 Å². The maximum atomic E-state index is 13.2. The Morgan fingerprint density at radius 2 is 2.11 bits per heavy atom. The smallest absolute Gasteiger partial charge is 0.456 e. The predicted molar refractivity (Wildman–Crippen MR) is 58.9 cm³/mol. The van der Waals surface area contributed by atoms with Gasteiger partial charge in [0, 0.05) is 0 Å². The van der Waals surface area contributed by atoms with Gasteiger partial charge in [0.15, 0.2) is 11.5 Å². The molecule has 0 atom stereocenters. The molecule has 1 aliphatic rings. The van der Waals surface area contributed by atoms with Crippen molar-refractivity contribution < 1.29 is 32.5 Å². The van der Waals surface area contributed by atoms with Crippen LogP contribution in [0.5, 0.6) is 11.5 Å². The topological polar surface area (TPSA) is 54.0 Å². The van der Waals surface area contributed by atoms with Gasteiger partial charge in [-0.1, -0.05) is 6.07 Å². The zero-order chi connectivity index (χ0) is 13.9. The van der Waals surface area contributed by atoms with Crippen molar-refractivity contribution in [3.05, 3.63) is 23.8 Å². The van der Waals surface area contributed by atoms with Crippen molar-refractivity contribution in [1.29, 1.82) is 0 Å². The van der Waals surface area contributed by atoms with Crippen molar-refractivity contribution in [3.63, 3.8) is 0 Å². The fourth-order valence-corrected chi connectivity index (χ4v) is 1.48. The highest BCUT2D eigenvalue weighted by molar-refractivity contribution is 5.75. The molecule has 0 unspecified atom stereocenters. The Hall–Kier alpha value is -1.89. The lowest BCUT2D eigenvalue weighted by Gasteiger charge is -2.15. The number of benzene rings is 1. The van der Waals surface area contributed by atoms with Crippen LogP contribution in [0.3, 0.4) is 0 Å². The lowest BCUT2D eigenvalue weighted by molar-refractivity contribution is -0.254. The van der Waals surface area contributed by atoms with Crippen molar-refractivity contribution in [3.8, 4) is 11.5 Å². The lowest BCUT2D eigenvalue weighted by atomic mass is 10.2. The molecule has 0 aliphatic carbocycles. The van der Waals surface area contributed by atoms with Gasteiger partial charge in [0.2, 0.25) is 6.79 Å². The van der Waals surface area contributed by atoms with Crippen molar-refractivity contribution in [1.82, 2.24) is 0 Å². The summed E-state index contributed by atoms with van der Waals surface area (Å²) in [7, 11) is 0. The van der Waals surface area contributed by atoms with E-state index in [-0.39, 0.29) is 13.4 Å². The van der Waals surface area contributed by atoms with Crippen LogP contribution in [-0.4, -0.2) is 25.5 Å². The molecular weight excluding hydrogens is 262 g/mol. The standard InChI is InChI=1S/C12H12F2O5/c1-2-16-11(15)12(13,14)19-6-8-3-4-9-10(5-8)18-7-17-9/h3-5H,2,6-7H2,1H3. The minimum atomic E-state index is -3.97. The first-order valence-corrected chi connectivity index (χ1v) is 5.60. The number of esters is 1. The SMILES string of the molecule is CCOC(=O)C(F)(F)OCc1ccc2c(c1)OCO2. The molecule has 104 valence electrons. The number of halogens is 2. The van der Waals surface area contributed by atoms with E-state index >= 15 is 0 Å². The second-order valence-electron chi connectivity index (χ2n) is 3.71. The van der Waals surface area contributed by atoms with Crippen LogP contribution in [0, 0.1) is 0 Å². The van der Waals surface area contributed by atoms with Gasteiger partial charge in [-0.3, -0.25) is 0 Å². The molecule has 1 aromatic rings. The summed E-state index contributed by atoms with van der Waals surface area (Å²) in [4.78, 5) is 10.9. The fraction of sp³-hybridized carbons (Fsp3) is 0.417. The third-order valence-electron chi connectivity index (χ3n) is 2.37. The van der Waals surface area contributed by atoms with Gasteiger partial charge in [-0.25, -0.2) is 4.79 Å². The number of ether oxygens (including phenoxy) is 4. The molecule has 7 heteroatoms. The predicted octanol–water partition coefficient (Wildman–Crippen LogP) is 2.09. The van der Waals surface area contributed by atoms with E-state index in [9.17, 15) is 13.6 Å². The molecule has 0 spiro atoms. The summed E-state index contributed by atoms with van der Waals surface area (Å²) < 4.78 is 45.1. The highest BCUT2D eigenvalue weighted by Gasteiger charge is 2.42. The van der Waals surface area contributed by atoms with E-state index in [1.807, 2.05) is 0 Å². The minimum Gasteiger partial charge on any atom is -0.460 e. The van der Waals surface area contributed by atoms with Crippen molar-refractivity contribution >= 4 is 5.97 Å². The molecule has 0 N–H and O–H groups in total. The molecule has 1 aliphatic heterocycles. The molecule has 1 heterocycles. The molecule has 0 bridgehead atoms. The third kappa shape index (κ3) is 3.11. The molecular formula is C12H12F2O5. The van der Waals surface area contributed by atoms with Crippen LogP contribution in [0.15, 0.2) is 18.2 Å². The average molecular weight is 274 g/mol. The van der Waals surface area contributed by atoms with Gasteiger partial charge in [-0.05, 0) is 24.6 Å². The van der Waals surface area contributed by atoms with Crippen molar-refractivity contribution in [2.24, 2.45) is 0 Å². The molecule has 0 saturated carbocycles. The maximum Gasteiger partial charge on any atom is 0.456 e. The van der Waals surface area contributed by atoms with Gasteiger partial charge in [0.1, 0.15) is 0 Å². The summed E-state index contributed by atoms with van der Waals surface area (Å²) in [6.45, 7) is 0.953. The highest BCUT2D eigenvalue weighted by Crippen LogP contribution is 2.33. The second-order valence-corrected chi connectivity index (χ2v) is 3.71. The Labute approximate surface area is 108 Å². The Kier molecular flexibility index (Phi) is 3.84. The number of hydrogen-bond donors (Lipinski definition) is 0. The number of alkyl halides is 2. The molecule has 0 aromatic heterocycles. The van der Waals surface area contributed by atoms with Crippen LogP contribution in [-0.2, 0) is 20.9 Å². The normalized spacial score (nSPS) is 13.4. The van der Waals surface area contributed by atoms with E-state index in [1.54, 1.807) is 12.1 Å². The lowest BCUT2D eigenvalue weighted by Crippen LogP contribution is -2.33. The first-order valence-electron chi connectivity index (χ1n) is 5.60. The van der Waals surface area contributed by atoms with Crippen LogP contribution in [0.25, 0.3) is 0 Å². The van der Waals surface area contributed by atoms with E-state index in [2.05, 4.69) is 9.47 Å². The second kappa shape index (κ2) is 5.40. The van der Waals surface area contributed by atoms with Crippen LogP contribution < -0.4 is 9.47 Å². The van der Waals surface area contributed by atoms with Crippen LogP contribution >= 0.6 is 0 Å². The summed E-state index contributed by atoms with van der Waals surface area (Å²) in [6.07, 6.45) is -3.97. The Morgan fingerprint density at radius 1 is 1.37 bits per heavy atom. The molecule has 2 rings (SSSR count). The van der Waals surface area contributed by atoms with Gasteiger partial charge in [-0.15, -0.1) is 0 Å². The zero-order valence-electron chi connectivity index (χ0n) is 10.2. The van der Waals surface area contributed by atoms with Crippen LogP contribution in [0.1, 0.15) is 12.5 Å². The number of carbonyl (C=O) groups is 1. The van der Waals surface area contributed by atoms with Gasteiger partial charge in [0.25, 0.3) is 0 Å². The molecule has 0 amide bonds. The van der Waals surface area contributed by atoms with Gasteiger partial charge in [-0.2, -0.15) is 8.78 Å². The van der Waals surface area contributed by atoms with Gasteiger partial charge < -0.3 is 18.9 Å². The summed E-state index contributed by atoms with van der Waals surface area (Å²) in [5.74, 6) is -0.697. The van der Waals surface area contributed by atoms with Crippen LogP contribution in [0.4, 0.5) is 8.78 Å². The van der Waals surface area contributed by atoms with E-state index in [0.29, 0.717) is 17.1 Å². The largest absolute Gasteiger partial charge is 0.460 e. The molecule has 0 fully saturated rings. The summed E-state index contributed by atoms with van der Waals surface area (Å²) in [5, 5.41) is 0. The zero-order valence-corrected chi connectivity index (χ0v) is 10.2. The van der Waals surface area contributed by atoms with Crippen LogP contribution in [0.2, 0.25) is 0 Å². The highest BCUT2D eigenvalue weighted by atomic mass is 19.3. The van der Waals surface area contributed by atoms with Crippen molar-refractivity contribution in [2.75, 3.05) is 13.4 Å². The molecule has 0 saturated heterocycles. The summed E-state index contributed by atoms with van der Waals surface area (Å²) in [5.41, 5.74) is 0.438. The molecule has 1 aromatic carbocycles. The Balaban J connectivity index is 1.96. The van der Waals surface area contributed by atoms with E-state index in [0.717, 1.165) is 0 Å². The fourth-order valence-electron chi connectivity index (χ4n) is 1.48. The van der Waals surface area contributed by atoms with E-state index < -0.39 is 18.7 Å². The minimum absolute atomic E-state index is 0.0959. The number of hydrogen-bond acceptors (Lipinski definition) is 5. The molecule has 5 nitrogen and oxygen atoms in total. The van der Waals surface area contributed by atoms with Crippen molar-refractivity contribution in [2.45, 2.75) is 19.6 Å². The number of fused-ring (bicyclic) bond motifs is 1. The van der Waals surface area contributed by atoms with Gasteiger partial charge >= 0.3 is 12.1 Å². The molecule has 19 heavy (non-hydrogen) atoms. The third-order valence-corrected chi connectivity index (χ3v) is 2.37. The van der Waals surface area contributed by atoms with E-state index in [1.165, 1.54) is 13.0 Å². The maximum absolute atomic E-state index is 13.2. The first kappa shape index (κ1) is 13.5. The van der Waals surface area contributed by atoms with E-state index in [4.69, 9.17) is 9.47 Å². The monoisotopic (exact) mass is 274 g/mol. The molecule has 0 radical (unpaired) electrons. The summed E-state index contributed by atoms with van der Waals surface area (Å²) >= 11 is 0. The Bertz CT molecular complexity index is 475. The number of carbonyl (C=O) groups excluding carboxylic acids is 1. The Morgan fingerprint density at radius 3 is 2.84 bits per heavy atom. The summed E-state index contributed by atoms with van der Waals surface area (Å²) in [6, 6.07) is 4.65.